The number of rotatable bonds is 11. The number of anilines is 3. The summed E-state index contributed by atoms with van der Waals surface area (Å²) in [4.78, 5) is 15.3. The zero-order chi connectivity index (χ0) is 30.6. The summed E-state index contributed by atoms with van der Waals surface area (Å²) in [5.74, 6) is 2.10. The van der Waals surface area contributed by atoms with Crippen molar-refractivity contribution in [1.29, 1.82) is 0 Å². The van der Waals surface area contributed by atoms with Gasteiger partial charge in [0.05, 0.1) is 17.4 Å². The van der Waals surface area contributed by atoms with Crippen LogP contribution in [0.3, 0.4) is 0 Å². The van der Waals surface area contributed by atoms with Crippen molar-refractivity contribution in [3.05, 3.63) is 108 Å². The fourth-order valence-corrected chi connectivity index (χ4v) is 9.01. The summed E-state index contributed by atoms with van der Waals surface area (Å²) in [5, 5.41) is 0. The number of benzene rings is 3. The van der Waals surface area contributed by atoms with E-state index in [1.54, 1.807) is 11.8 Å². The van der Waals surface area contributed by atoms with E-state index < -0.39 is 0 Å². The molecular formula is C37H44N4S3. The summed E-state index contributed by atoms with van der Waals surface area (Å²) in [6.45, 7) is 19.8. The van der Waals surface area contributed by atoms with Gasteiger partial charge in [-0.1, -0.05) is 69.1 Å². The molecule has 0 spiro atoms. The zero-order valence-electron chi connectivity index (χ0n) is 26.3. The Kier molecular flexibility index (Phi) is 10.2. The zero-order valence-corrected chi connectivity index (χ0v) is 28.7. The molecule has 1 saturated heterocycles. The van der Waals surface area contributed by atoms with Gasteiger partial charge >= 0.3 is 0 Å². The van der Waals surface area contributed by atoms with Gasteiger partial charge in [0.2, 0.25) is 0 Å². The van der Waals surface area contributed by atoms with Crippen molar-refractivity contribution in [3.63, 3.8) is 0 Å². The number of para-hydroxylation sites is 1. The highest BCUT2D eigenvalue weighted by Gasteiger charge is 2.38. The van der Waals surface area contributed by atoms with Crippen LogP contribution in [0.15, 0.2) is 111 Å². The predicted molar refractivity (Wildman–Crippen MR) is 195 cm³/mol. The molecule has 0 aromatic heterocycles. The average molecular weight is 641 g/mol. The Labute approximate surface area is 277 Å². The first kappa shape index (κ1) is 31.4. The number of hydrogen-bond acceptors (Lipinski definition) is 7. The first-order valence-electron chi connectivity index (χ1n) is 15.8. The second-order valence-corrected chi connectivity index (χ2v) is 15.2. The lowest BCUT2D eigenvalue weighted by molar-refractivity contribution is 0.153. The van der Waals surface area contributed by atoms with Crippen LogP contribution in [0.25, 0.3) is 0 Å². The highest BCUT2D eigenvalue weighted by Crippen LogP contribution is 2.55. The Balaban J connectivity index is 1.46. The molecule has 0 aliphatic carbocycles. The lowest BCUT2D eigenvalue weighted by Gasteiger charge is -2.45. The van der Waals surface area contributed by atoms with Gasteiger partial charge in [0.25, 0.3) is 0 Å². The predicted octanol–water partition coefficient (Wildman–Crippen LogP) is 9.28. The smallest absolute Gasteiger partial charge is 0.0885 e. The maximum absolute atomic E-state index is 4.33. The Morgan fingerprint density at radius 2 is 1.48 bits per heavy atom. The molecule has 1 fully saturated rings. The van der Waals surface area contributed by atoms with Crippen molar-refractivity contribution in [2.24, 2.45) is 0 Å². The lowest BCUT2D eigenvalue weighted by Crippen LogP contribution is -2.45. The summed E-state index contributed by atoms with van der Waals surface area (Å²) in [7, 11) is 2.23. The number of nitrogens with zero attached hydrogens (tertiary/aromatic N) is 4. The second-order valence-electron chi connectivity index (χ2n) is 11.5. The van der Waals surface area contributed by atoms with Crippen molar-refractivity contribution in [1.82, 2.24) is 9.80 Å². The van der Waals surface area contributed by atoms with Crippen LogP contribution in [-0.2, 0) is 0 Å². The number of likely N-dealkylation sites (N-methyl/N-ethyl adjacent to an activating group) is 1. The fraction of sp³-hybridized carbons (Fsp3) is 0.351. The first-order chi connectivity index (χ1) is 21.6. The summed E-state index contributed by atoms with van der Waals surface area (Å²) in [6, 6.07) is 23.2. The summed E-state index contributed by atoms with van der Waals surface area (Å²) < 4.78 is 0. The third-order valence-electron chi connectivity index (χ3n) is 8.74. The SMILES string of the molecule is C=CC1=C(C=C)N(C2c3ccccc3N(CCCN3CCN(C)CC3)c3cc(SCC)ccc32)c2cc(SCC)ccc2S1. The minimum absolute atomic E-state index is 0.0141. The standard InChI is InChI=1S/C37H44N4S3/c1-6-31-35(7-2)44-36-18-16-28(43-9-4)26-34(36)41(31)37-29-13-10-11-14-32(29)40(20-12-19-39-23-21-38(5)22-24-39)33-25-27(42-8-3)15-17-30(33)37/h6-7,10-11,13-18,25-26,37H,1-2,8-9,12,19-24H2,3-5H3. The minimum Gasteiger partial charge on any atom is -0.341 e. The minimum atomic E-state index is 0.0141. The first-order valence-corrected chi connectivity index (χ1v) is 18.6. The monoisotopic (exact) mass is 640 g/mol. The number of allylic oxidation sites excluding steroid dienone is 2. The molecule has 0 radical (unpaired) electrons. The maximum atomic E-state index is 4.33. The molecule has 3 heterocycles. The van der Waals surface area contributed by atoms with Gasteiger partial charge in [-0.2, -0.15) is 0 Å². The van der Waals surface area contributed by atoms with E-state index in [2.05, 4.69) is 114 Å². The van der Waals surface area contributed by atoms with E-state index >= 15 is 0 Å². The van der Waals surface area contributed by atoms with Crippen LogP contribution >= 0.6 is 35.3 Å². The number of fused-ring (bicyclic) bond motifs is 3. The van der Waals surface area contributed by atoms with Gasteiger partial charge < -0.3 is 19.6 Å². The van der Waals surface area contributed by atoms with Gasteiger partial charge in [-0.25, -0.2) is 0 Å². The molecule has 7 heteroatoms. The maximum Gasteiger partial charge on any atom is 0.0885 e. The fourth-order valence-electron chi connectivity index (χ4n) is 6.62. The normalized spacial score (nSPS) is 18.6. The second kappa shape index (κ2) is 14.3. The number of hydrogen-bond donors (Lipinski definition) is 0. The molecule has 6 rings (SSSR count). The van der Waals surface area contributed by atoms with Gasteiger partial charge in [0, 0.05) is 74.8 Å². The van der Waals surface area contributed by atoms with Gasteiger partial charge in [0.15, 0.2) is 0 Å². The highest BCUT2D eigenvalue weighted by molar-refractivity contribution is 8.03. The number of piperazine rings is 1. The quantitative estimate of drug-likeness (QED) is 0.191. The van der Waals surface area contributed by atoms with Crippen molar-refractivity contribution in [2.75, 3.05) is 67.6 Å². The van der Waals surface area contributed by atoms with Gasteiger partial charge in [-0.15, -0.1) is 23.5 Å². The topological polar surface area (TPSA) is 13.0 Å². The Morgan fingerprint density at radius 3 is 2.18 bits per heavy atom. The summed E-state index contributed by atoms with van der Waals surface area (Å²) in [6.07, 6.45) is 5.15. The highest BCUT2D eigenvalue weighted by atomic mass is 32.2. The van der Waals surface area contributed by atoms with Crippen molar-refractivity contribution in [3.8, 4) is 0 Å². The van der Waals surface area contributed by atoms with Crippen LogP contribution in [0, 0.1) is 0 Å². The van der Waals surface area contributed by atoms with E-state index in [4.69, 9.17) is 0 Å². The molecule has 230 valence electrons. The van der Waals surface area contributed by atoms with E-state index in [0.717, 1.165) is 67.8 Å². The van der Waals surface area contributed by atoms with Crippen LogP contribution in [0.5, 0.6) is 0 Å². The molecular weight excluding hydrogens is 597 g/mol. The molecule has 0 bridgehead atoms. The van der Waals surface area contributed by atoms with E-state index in [1.807, 2.05) is 35.7 Å². The summed E-state index contributed by atoms with van der Waals surface area (Å²) in [5.41, 5.74) is 7.69. The molecule has 1 unspecified atom stereocenters. The Morgan fingerprint density at radius 1 is 0.795 bits per heavy atom. The molecule has 0 N–H and O–H groups in total. The third kappa shape index (κ3) is 6.27. The number of thioether (sulfide) groups is 3. The average Bonchev–Trinajstić information content (AvgIpc) is 3.05. The molecule has 4 nitrogen and oxygen atoms in total. The van der Waals surface area contributed by atoms with Crippen molar-refractivity contribution < 1.29 is 0 Å². The van der Waals surface area contributed by atoms with Crippen molar-refractivity contribution >= 4 is 52.3 Å². The van der Waals surface area contributed by atoms with Crippen LogP contribution in [-0.4, -0.2) is 67.6 Å². The molecule has 3 aliphatic rings. The van der Waals surface area contributed by atoms with E-state index in [0.29, 0.717) is 0 Å². The lowest BCUT2D eigenvalue weighted by atomic mass is 9.88. The van der Waals surface area contributed by atoms with Crippen LogP contribution in [0.2, 0.25) is 0 Å². The van der Waals surface area contributed by atoms with Crippen LogP contribution in [0.4, 0.5) is 17.1 Å². The molecule has 1 atom stereocenters. The largest absolute Gasteiger partial charge is 0.341 e. The Hall–Kier alpha value is -2.55. The van der Waals surface area contributed by atoms with E-state index in [-0.39, 0.29) is 6.04 Å². The molecule has 0 saturated carbocycles. The molecule has 3 aromatic rings. The van der Waals surface area contributed by atoms with E-state index in [9.17, 15) is 0 Å². The van der Waals surface area contributed by atoms with Crippen LogP contribution in [0.1, 0.15) is 37.4 Å². The third-order valence-corrected chi connectivity index (χ3v) is 11.7. The van der Waals surface area contributed by atoms with Gasteiger partial charge in [-0.05, 0) is 74.0 Å². The molecule has 3 aliphatic heterocycles. The molecule has 0 amide bonds. The summed E-state index contributed by atoms with van der Waals surface area (Å²) >= 11 is 5.62. The Bertz CT molecular complexity index is 1540. The van der Waals surface area contributed by atoms with Gasteiger partial charge in [0.1, 0.15) is 0 Å². The van der Waals surface area contributed by atoms with Crippen LogP contribution < -0.4 is 9.80 Å². The van der Waals surface area contributed by atoms with Crippen molar-refractivity contribution in [2.45, 2.75) is 41.0 Å². The molecule has 44 heavy (non-hydrogen) atoms. The van der Waals surface area contributed by atoms with E-state index in [1.165, 1.54) is 42.9 Å². The molecule has 3 aromatic carbocycles. The van der Waals surface area contributed by atoms with Gasteiger partial charge in [-0.3, -0.25) is 0 Å².